The van der Waals surface area contributed by atoms with Crippen molar-refractivity contribution in [2.75, 3.05) is 30.9 Å². The van der Waals surface area contributed by atoms with Gasteiger partial charge >= 0.3 is 6.09 Å². The van der Waals surface area contributed by atoms with Crippen LogP contribution in [0.5, 0.6) is 0 Å². The summed E-state index contributed by atoms with van der Waals surface area (Å²) in [7, 11) is 1.80. The molecular weight excluding hydrogens is 504 g/mol. The number of nitrogens with zero attached hydrogens (tertiary/aromatic N) is 1. The van der Waals surface area contributed by atoms with E-state index < -0.39 is 23.4 Å². The van der Waals surface area contributed by atoms with Crippen LogP contribution in [0.3, 0.4) is 0 Å². The molecule has 2 heterocycles. The largest absolute Gasteiger partial charge is 0.444 e. The lowest BCUT2D eigenvalue weighted by Crippen LogP contribution is -2.64. The lowest BCUT2D eigenvalue weighted by atomic mass is 9.88. The maximum absolute atomic E-state index is 13.3. The Morgan fingerprint density at radius 1 is 1.13 bits per heavy atom. The van der Waals surface area contributed by atoms with E-state index in [9.17, 15) is 14.4 Å². The average Bonchev–Trinajstić information content (AvgIpc) is 2.86. The summed E-state index contributed by atoms with van der Waals surface area (Å²) in [6.45, 7) is 6.03. The van der Waals surface area contributed by atoms with Gasteiger partial charge in [-0.15, -0.1) is 11.8 Å². The fourth-order valence-corrected chi connectivity index (χ4v) is 5.57. The van der Waals surface area contributed by atoms with Gasteiger partial charge in [-0.2, -0.15) is 0 Å². The number of carbonyl (C=O) groups excluding carboxylic acids is 3. The molecule has 2 aromatic rings. The van der Waals surface area contributed by atoms with Crippen molar-refractivity contribution in [2.45, 2.75) is 62.2 Å². The topological polar surface area (TPSA) is 123 Å². The molecule has 0 unspecified atom stereocenters. The molecule has 4 rings (SSSR count). The van der Waals surface area contributed by atoms with E-state index in [1.54, 1.807) is 44.5 Å². The van der Waals surface area contributed by atoms with Gasteiger partial charge in [-0.05, 0) is 49.6 Å². The molecule has 0 radical (unpaired) electrons. The normalized spacial score (nSPS) is 17.8. The number of alkyl carbamates (subject to hydrolysis) is 1. The van der Waals surface area contributed by atoms with Crippen LogP contribution in [0.1, 0.15) is 39.2 Å². The van der Waals surface area contributed by atoms with E-state index in [1.165, 1.54) is 0 Å². The van der Waals surface area contributed by atoms with Crippen molar-refractivity contribution in [1.82, 2.24) is 10.6 Å². The summed E-state index contributed by atoms with van der Waals surface area (Å²) in [5.41, 5.74) is 8.52. The first kappa shape index (κ1) is 27.9. The Morgan fingerprint density at radius 2 is 1.79 bits per heavy atom. The number of nitrogens with one attached hydrogen (secondary N) is 2. The third kappa shape index (κ3) is 6.67. The molecule has 2 aliphatic heterocycles. The van der Waals surface area contributed by atoms with Crippen LogP contribution >= 0.6 is 11.8 Å². The summed E-state index contributed by atoms with van der Waals surface area (Å²) >= 11 is 1.55. The molecule has 10 heteroatoms. The summed E-state index contributed by atoms with van der Waals surface area (Å²) in [4.78, 5) is 40.5. The molecule has 2 aromatic carbocycles. The first-order chi connectivity index (χ1) is 18.0. The fourth-order valence-electron chi connectivity index (χ4n) is 4.53. The maximum atomic E-state index is 13.3. The van der Waals surface area contributed by atoms with Gasteiger partial charge in [0.1, 0.15) is 11.1 Å². The average molecular weight is 541 g/mol. The molecule has 0 aliphatic carbocycles. The van der Waals surface area contributed by atoms with Crippen molar-refractivity contribution in [3.05, 3.63) is 48.0 Å². The molecule has 1 saturated heterocycles. The van der Waals surface area contributed by atoms with Crippen LogP contribution in [0.2, 0.25) is 0 Å². The van der Waals surface area contributed by atoms with E-state index in [4.69, 9.17) is 15.2 Å². The number of nitrogens with two attached hydrogens (primary N) is 1. The first-order valence-corrected chi connectivity index (χ1v) is 13.7. The van der Waals surface area contributed by atoms with Gasteiger partial charge < -0.3 is 30.7 Å². The maximum Gasteiger partial charge on any atom is 0.408 e. The molecule has 38 heavy (non-hydrogen) atoms. The number of ether oxygens (including phenoxy) is 2. The quantitative estimate of drug-likeness (QED) is 0.480. The molecule has 204 valence electrons. The van der Waals surface area contributed by atoms with Gasteiger partial charge in [0.05, 0.1) is 17.6 Å². The zero-order valence-corrected chi connectivity index (χ0v) is 23.2. The Morgan fingerprint density at radius 3 is 2.45 bits per heavy atom. The van der Waals surface area contributed by atoms with Crippen LogP contribution in [0.4, 0.5) is 10.5 Å². The van der Waals surface area contributed by atoms with Crippen molar-refractivity contribution in [2.24, 2.45) is 5.73 Å². The van der Waals surface area contributed by atoms with E-state index in [2.05, 4.69) is 16.7 Å². The van der Waals surface area contributed by atoms with Crippen LogP contribution in [0, 0.1) is 0 Å². The monoisotopic (exact) mass is 540 g/mol. The molecule has 0 saturated carbocycles. The van der Waals surface area contributed by atoms with E-state index in [1.807, 2.05) is 36.4 Å². The number of anilines is 1. The third-order valence-corrected chi connectivity index (χ3v) is 7.66. The van der Waals surface area contributed by atoms with Gasteiger partial charge in [-0.1, -0.05) is 30.3 Å². The van der Waals surface area contributed by atoms with Crippen molar-refractivity contribution >= 4 is 35.4 Å². The molecule has 0 spiro atoms. The zero-order valence-electron chi connectivity index (χ0n) is 22.3. The highest BCUT2D eigenvalue weighted by Crippen LogP contribution is 2.37. The van der Waals surface area contributed by atoms with Crippen LogP contribution < -0.4 is 21.3 Å². The number of amides is 3. The lowest BCUT2D eigenvalue weighted by molar-refractivity contribution is -0.132. The molecular formula is C28H36N4O5S. The van der Waals surface area contributed by atoms with E-state index in [0.717, 1.165) is 27.3 Å². The van der Waals surface area contributed by atoms with E-state index >= 15 is 0 Å². The number of benzene rings is 2. The second-order valence-electron chi connectivity index (χ2n) is 10.7. The standard InChI is InChI=1S/C28H36N4O5S/c1-27(2,3)37-26(35)31-28(11-13-36-14-12-28)25(34)30-23(29)15-18-5-7-19(8-6-18)20-9-10-21-22(16-20)38-17-24(33)32(21)4/h5-10,16,23H,11-15,17,29H2,1-4H3,(H,30,34)(H,31,35)/t23-/m0/s1. The molecule has 1 atom stereocenters. The van der Waals surface area contributed by atoms with Crippen molar-refractivity contribution in [3.8, 4) is 11.1 Å². The summed E-state index contributed by atoms with van der Waals surface area (Å²) in [5, 5.41) is 5.65. The van der Waals surface area contributed by atoms with Crippen molar-refractivity contribution < 1.29 is 23.9 Å². The molecule has 3 amide bonds. The van der Waals surface area contributed by atoms with Gasteiger partial charge in [0.2, 0.25) is 11.8 Å². The SMILES string of the molecule is CN1C(=O)CSc2cc(-c3ccc(C[C@@H](N)NC(=O)C4(NC(=O)OC(C)(C)C)CCOCC4)cc3)ccc21. The number of fused-ring (bicyclic) bond motifs is 1. The van der Waals surface area contributed by atoms with Crippen LogP contribution in [-0.4, -0.2) is 61.2 Å². The summed E-state index contributed by atoms with van der Waals surface area (Å²) in [6, 6.07) is 14.1. The molecule has 1 fully saturated rings. The van der Waals surface area contributed by atoms with Crippen molar-refractivity contribution in [1.29, 1.82) is 0 Å². The summed E-state index contributed by atoms with van der Waals surface area (Å²) < 4.78 is 10.8. The zero-order chi connectivity index (χ0) is 27.5. The Hall–Kier alpha value is -3.08. The van der Waals surface area contributed by atoms with Crippen molar-refractivity contribution in [3.63, 3.8) is 0 Å². The van der Waals surface area contributed by atoms with Gasteiger partial charge in [-0.3, -0.25) is 9.59 Å². The van der Waals surface area contributed by atoms with Crippen LogP contribution in [0.15, 0.2) is 47.4 Å². The molecule has 0 bridgehead atoms. The highest BCUT2D eigenvalue weighted by Gasteiger charge is 2.43. The lowest BCUT2D eigenvalue weighted by Gasteiger charge is -2.37. The molecule has 9 nitrogen and oxygen atoms in total. The number of rotatable bonds is 6. The highest BCUT2D eigenvalue weighted by atomic mass is 32.2. The summed E-state index contributed by atoms with van der Waals surface area (Å²) in [6.07, 6.45) is -0.178. The minimum atomic E-state index is -1.13. The number of carbonyl (C=O) groups is 3. The van der Waals surface area contributed by atoms with Crippen LogP contribution in [-0.2, 0) is 25.5 Å². The molecule has 4 N–H and O–H groups in total. The minimum Gasteiger partial charge on any atom is -0.444 e. The Kier molecular flexibility index (Phi) is 8.34. The Bertz CT molecular complexity index is 1190. The number of thioether (sulfide) groups is 1. The van der Waals surface area contributed by atoms with Crippen LogP contribution in [0.25, 0.3) is 11.1 Å². The third-order valence-electron chi connectivity index (χ3n) is 6.63. The Balaban J connectivity index is 1.39. The first-order valence-electron chi connectivity index (χ1n) is 12.7. The minimum absolute atomic E-state index is 0.103. The fraction of sp³-hybridized carbons (Fsp3) is 0.464. The summed E-state index contributed by atoms with van der Waals surface area (Å²) in [5.74, 6) is 0.203. The van der Waals surface area contributed by atoms with Gasteiger partial charge in [0.25, 0.3) is 0 Å². The van der Waals surface area contributed by atoms with Gasteiger partial charge in [-0.25, -0.2) is 4.79 Å². The smallest absolute Gasteiger partial charge is 0.408 e. The number of hydrogen-bond donors (Lipinski definition) is 3. The highest BCUT2D eigenvalue weighted by molar-refractivity contribution is 8.00. The second-order valence-corrected chi connectivity index (χ2v) is 11.7. The van der Waals surface area contributed by atoms with E-state index in [-0.39, 0.29) is 11.8 Å². The van der Waals surface area contributed by atoms with E-state index in [0.29, 0.717) is 38.2 Å². The predicted molar refractivity (Wildman–Crippen MR) is 148 cm³/mol. The molecule has 2 aliphatic rings. The van der Waals surface area contributed by atoms with Gasteiger partial charge in [0.15, 0.2) is 0 Å². The second kappa shape index (κ2) is 11.3. The van der Waals surface area contributed by atoms with Gasteiger partial charge in [0, 0.05) is 44.4 Å². The molecule has 0 aromatic heterocycles. The predicted octanol–water partition coefficient (Wildman–Crippen LogP) is 3.44. The Labute approximate surface area is 227 Å². The number of hydrogen-bond acceptors (Lipinski definition) is 7.